The minimum atomic E-state index is -0.342. The fraction of sp³-hybridized carbons (Fsp3) is 0.500. The molecule has 1 amide bonds. The summed E-state index contributed by atoms with van der Waals surface area (Å²) in [7, 11) is 0. The molecule has 154 valence electrons. The summed E-state index contributed by atoms with van der Waals surface area (Å²) in [6.45, 7) is 7.48. The summed E-state index contributed by atoms with van der Waals surface area (Å²) >= 11 is 1.44. The number of carbonyl (C=O) groups excluding carboxylic acids is 2. The third-order valence-electron chi connectivity index (χ3n) is 6.17. The van der Waals surface area contributed by atoms with E-state index in [-0.39, 0.29) is 41.1 Å². The van der Waals surface area contributed by atoms with Crippen molar-refractivity contribution < 1.29 is 14.3 Å². The van der Waals surface area contributed by atoms with Crippen LogP contribution in [0.25, 0.3) is 10.8 Å². The first-order valence-electron chi connectivity index (χ1n) is 10.3. The van der Waals surface area contributed by atoms with Gasteiger partial charge in [0.05, 0.1) is 5.75 Å². The van der Waals surface area contributed by atoms with Crippen molar-refractivity contribution in [2.75, 3.05) is 18.9 Å². The fourth-order valence-corrected chi connectivity index (χ4v) is 6.16. The van der Waals surface area contributed by atoms with Gasteiger partial charge in [0.25, 0.3) is 5.91 Å². The Morgan fingerprint density at radius 2 is 1.86 bits per heavy atom. The van der Waals surface area contributed by atoms with Gasteiger partial charge in [0.15, 0.2) is 6.61 Å². The van der Waals surface area contributed by atoms with E-state index in [1.165, 1.54) is 17.1 Å². The highest BCUT2D eigenvalue weighted by Crippen LogP contribution is 2.52. The number of esters is 1. The third-order valence-corrected chi connectivity index (χ3v) is 7.14. The normalized spacial score (nSPS) is 25.2. The van der Waals surface area contributed by atoms with E-state index < -0.39 is 0 Å². The minimum absolute atomic E-state index is 0.0551. The summed E-state index contributed by atoms with van der Waals surface area (Å²) in [5.74, 6) is -0.189. The monoisotopic (exact) mass is 411 g/mol. The van der Waals surface area contributed by atoms with Crippen molar-refractivity contribution in [3.05, 3.63) is 42.5 Å². The number of nitrogens with zero attached hydrogens (tertiary/aromatic N) is 1. The second kappa shape index (κ2) is 7.67. The predicted octanol–water partition coefficient (Wildman–Crippen LogP) is 4.90. The molecule has 1 aliphatic carbocycles. The van der Waals surface area contributed by atoms with Gasteiger partial charge in [-0.25, -0.2) is 0 Å². The Kier molecular flexibility index (Phi) is 5.36. The zero-order chi connectivity index (χ0) is 20.6. The Bertz CT molecular complexity index is 941. The maximum atomic E-state index is 12.7. The molecule has 1 saturated heterocycles. The lowest BCUT2D eigenvalue weighted by Gasteiger charge is -2.39. The molecule has 4 nitrogen and oxygen atoms in total. The van der Waals surface area contributed by atoms with Crippen molar-refractivity contribution in [2.45, 2.75) is 51.0 Å². The predicted molar refractivity (Wildman–Crippen MR) is 117 cm³/mol. The fourth-order valence-electron chi connectivity index (χ4n) is 5.42. The molecular formula is C24H29NO3S. The maximum absolute atomic E-state index is 12.7. The van der Waals surface area contributed by atoms with Gasteiger partial charge in [-0.1, -0.05) is 51.1 Å². The summed E-state index contributed by atoms with van der Waals surface area (Å²) in [5, 5.41) is 2.33. The van der Waals surface area contributed by atoms with Crippen LogP contribution in [0.3, 0.4) is 0 Å². The molecule has 4 rings (SSSR count). The molecule has 5 heteroatoms. The summed E-state index contributed by atoms with van der Waals surface area (Å²) in [6.07, 6.45) is 3.23. The Labute approximate surface area is 177 Å². The number of fused-ring (bicyclic) bond motifs is 3. The van der Waals surface area contributed by atoms with Crippen LogP contribution in [-0.4, -0.2) is 41.7 Å². The summed E-state index contributed by atoms with van der Waals surface area (Å²) in [6, 6.07) is 14.6. The first-order chi connectivity index (χ1) is 13.7. The van der Waals surface area contributed by atoms with Gasteiger partial charge < -0.3 is 9.64 Å². The molecule has 29 heavy (non-hydrogen) atoms. The Hall–Kier alpha value is -2.01. The van der Waals surface area contributed by atoms with E-state index in [4.69, 9.17) is 4.74 Å². The number of thioether (sulfide) groups is 1. The van der Waals surface area contributed by atoms with Gasteiger partial charge in [0, 0.05) is 17.5 Å². The summed E-state index contributed by atoms with van der Waals surface area (Å²) in [5.41, 5.74) is 0.456. The zero-order valence-corrected chi connectivity index (χ0v) is 18.3. The highest BCUT2D eigenvalue weighted by molar-refractivity contribution is 8.00. The third kappa shape index (κ3) is 4.61. The van der Waals surface area contributed by atoms with Gasteiger partial charge in [-0.15, -0.1) is 11.8 Å². The van der Waals surface area contributed by atoms with E-state index in [2.05, 4.69) is 45.0 Å². The van der Waals surface area contributed by atoms with Crippen molar-refractivity contribution in [1.82, 2.24) is 4.90 Å². The van der Waals surface area contributed by atoms with E-state index in [1.807, 2.05) is 23.1 Å². The Morgan fingerprint density at radius 1 is 1.10 bits per heavy atom. The van der Waals surface area contributed by atoms with Gasteiger partial charge in [-0.3, -0.25) is 9.59 Å². The van der Waals surface area contributed by atoms with E-state index in [0.29, 0.717) is 0 Å². The van der Waals surface area contributed by atoms with Crippen LogP contribution in [0.4, 0.5) is 0 Å². The standard InChI is InChI=1S/C24H29NO3S/c1-23(2)11-19-12-24(3,15-23)16-25(19)21(26)13-28-22(27)14-29-20-9-8-17-6-4-5-7-18(17)10-20/h4-10,19H,11-16H2,1-3H3/t19-,24+/m1/s1. The molecule has 2 aromatic carbocycles. The van der Waals surface area contributed by atoms with Gasteiger partial charge in [-0.2, -0.15) is 0 Å². The van der Waals surface area contributed by atoms with Gasteiger partial charge >= 0.3 is 5.97 Å². The lowest BCUT2D eigenvalue weighted by molar-refractivity contribution is -0.150. The molecule has 1 heterocycles. The van der Waals surface area contributed by atoms with Gasteiger partial charge in [0.1, 0.15) is 0 Å². The highest BCUT2D eigenvalue weighted by Gasteiger charge is 2.50. The second-order valence-electron chi connectivity index (χ2n) is 9.69. The average Bonchev–Trinajstić information content (AvgIpc) is 2.93. The number of hydrogen-bond acceptors (Lipinski definition) is 4. The maximum Gasteiger partial charge on any atom is 0.316 e. The van der Waals surface area contributed by atoms with Gasteiger partial charge in [0.2, 0.25) is 0 Å². The van der Waals surface area contributed by atoms with Crippen LogP contribution in [0.15, 0.2) is 47.4 Å². The summed E-state index contributed by atoms with van der Waals surface area (Å²) < 4.78 is 5.31. The van der Waals surface area contributed by atoms with Crippen LogP contribution >= 0.6 is 11.8 Å². The lowest BCUT2D eigenvalue weighted by Crippen LogP contribution is -2.40. The van der Waals surface area contributed by atoms with Crippen LogP contribution in [0.2, 0.25) is 0 Å². The lowest BCUT2D eigenvalue weighted by atomic mass is 9.65. The molecule has 0 aromatic heterocycles. The van der Waals surface area contributed by atoms with Crippen molar-refractivity contribution >= 4 is 34.4 Å². The number of benzene rings is 2. The van der Waals surface area contributed by atoms with E-state index in [9.17, 15) is 9.59 Å². The molecule has 2 fully saturated rings. The largest absolute Gasteiger partial charge is 0.455 e. The zero-order valence-electron chi connectivity index (χ0n) is 17.4. The van der Waals surface area contributed by atoms with Crippen LogP contribution < -0.4 is 0 Å². The molecule has 2 bridgehead atoms. The van der Waals surface area contributed by atoms with Crippen molar-refractivity contribution in [3.8, 4) is 0 Å². The van der Waals surface area contributed by atoms with Crippen LogP contribution in [0.1, 0.15) is 40.0 Å². The molecule has 2 atom stereocenters. The number of ether oxygens (including phenoxy) is 1. The van der Waals surface area contributed by atoms with E-state index in [0.717, 1.165) is 36.1 Å². The molecule has 0 unspecified atom stereocenters. The quantitative estimate of drug-likeness (QED) is 0.518. The molecular weight excluding hydrogens is 382 g/mol. The van der Waals surface area contributed by atoms with Crippen molar-refractivity contribution in [1.29, 1.82) is 0 Å². The Balaban J connectivity index is 1.28. The van der Waals surface area contributed by atoms with Crippen LogP contribution in [0.5, 0.6) is 0 Å². The second-order valence-corrected chi connectivity index (χ2v) is 10.7. The van der Waals surface area contributed by atoms with E-state index in [1.54, 1.807) is 0 Å². The topological polar surface area (TPSA) is 46.6 Å². The number of rotatable bonds is 5. The summed E-state index contributed by atoms with van der Waals surface area (Å²) in [4.78, 5) is 27.9. The molecule has 0 N–H and O–H groups in total. The smallest absolute Gasteiger partial charge is 0.316 e. The minimum Gasteiger partial charge on any atom is -0.455 e. The molecule has 1 aliphatic heterocycles. The van der Waals surface area contributed by atoms with E-state index >= 15 is 0 Å². The molecule has 2 aliphatic rings. The van der Waals surface area contributed by atoms with Crippen molar-refractivity contribution in [3.63, 3.8) is 0 Å². The Morgan fingerprint density at radius 3 is 2.66 bits per heavy atom. The first kappa shape index (κ1) is 20.3. The highest BCUT2D eigenvalue weighted by atomic mass is 32.2. The number of likely N-dealkylation sites (tertiary alicyclic amines) is 1. The average molecular weight is 412 g/mol. The number of amides is 1. The molecule has 2 aromatic rings. The number of hydrogen-bond donors (Lipinski definition) is 0. The van der Waals surface area contributed by atoms with Crippen LogP contribution in [0, 0.1) is 10.8 Å². The SMILES string of the molecule is CC1(C)C[C@@H]2C[C@](C)(CN2C(=O)COC(=O)CSc2ccc3ccccc3c2)C1. The number of carbonyl (C=O) groups is 2. The first-order valence-corrected chi connectivity index (χ1v) is 11.3. The van der Waals surface area contributed by atoms with Crippen LogP contribution in [-0.2, 0) is 14.3 Å². The molecule has 1 saturated carbocycles. The van der Waals surface area contributed by atoms with Crippen molar-refractivity contribution in [2.24, 2.45) is 10.8 Å². The molecule has 0 radical (unpaired) electrons. The van der Waals surface area contributed by atoms with Gasteiger partial charge in [-0.05, 0) is 53.0 Å². The molecule has 0 spiro atoms.